The van der Waals surface area contributed by atoms with Crippen LogP contribution >= 0.6 is 23.1 Å². The minimum atomic E-state index is -3.02. The monoisotopic (exact) mass is 922 g/mol. The van der Waals surface area contributed by atoms with Gasteiger partial charge in [-0.15, -0.1) is 0 Å². The lowest BCUT2D eigenvalue weighted by Crippen LogP contribution is -2.45. The van der Waals surface area contributed by atoms with Crippen molar-refractivity contribution in [3.63, 3.8) is 0 Å². The minimum Gasteiger partial charge on any atom is -0.497 e. The predicted octanol–water partition coefficient (Wildman–Crippen LogP) is 9.33. The molecular weight excluding hydrogens is 878 g/mol. The second kappa shape index (κ2) is 20.6. The molecule has 1 atom stereocenters. The first-order chi connectivity index (χ1) is 31.6. The average molecular weight is 923 g/mol. The highest BCUT2D eigenvalue weighted by atomic mass is 35.5. The maximum atomic E-state index is 13.1. The molecule has 0 amide bonds. The first-order valence-electron chi connectivity index (χ1n) is 20.8. The maximum absolute atomic E-state index is 13.1. The minimum absolute atomic E-state index is 0.0366. The van der Waals surface area contributed by atoms with Gasteiger partial charge in [0.15, 0.2) is 5.82 Å². The molecule has 8 rings (SSSR count). The van der Waals surface area contributed by atoms with Crippen LogP contribution in [0.1, 0.15) is 16.8 Å². The fourth-order valence-corrected chi connectivity index (χ4v) is 8.49. The van der Waals surface area contributed by atoms with Gasteiger partial charge in [-0.1, -0.05) is 60.1 Å². The van der Waals surface area contributed by atoms with Crippen LogP contribution in [0.5, 0.6) is 28.9 Å². The topological polar surface area (TPSA) is 141 Å². The van der Waals surface area contributed by atoms with E-state index in [9.17, 15) is 18.7 Å². The molecule has 65 heavy (non-hydrogen) atoms. The molecule has 0 bridgehead atoms. The Hall–Kier alpha value is -6.46. The molecule has 4 aromatic carbocycles. The number of fused-ring (bicyclic) bond motifs is 1. The Morgan fingerprint density at radius 2 is 1.68 bits per heavy atom. The molecule has 0 unspecified atom stereocenters. The lowest BCUT2D eigenvalue weighted by molar-refractivity contribution is -0.145. The van der Waals surface area contributed by atoms with Gasteiger partial charge < -0.3 is 33.7 Å². The molecule has 1 saturated heterocycles. The summed E-state index contributed by atoms with van der Waals surface area (Å²) in [6, 6.07) is 26.2. The molecule has 0 saturated carbocycles. The summed E-state index contributed by atoms with van der Waals surface area (Å²) >= 11 is 8.24. The first kappa shape index (κ1) is 45.1. The summed E-state index contributed by atoms with van der Waals surface area (Å²) in [6.07, 6.45) is 1.71. The molecule has 0 spiro atoms. The Kier molecular flexibility index (Phi) is 14.3. The van der Waals surface area contributed by atoms with Gasteiger partial charge in [0.2, 0.25) is 12.0 Å². The van der Waals surface area contributed by atoms with Crippen LogP contribution in [-0.4, -0.2) is 106 Å². The fraction of sp³-hybridized carbons (Fsp3) is 0.271. The number of carbonyl (C=O) groups is 1. The summed E-state index contributed by atoms with van der Waals surface area (Å²) in [5.41, 5.74) is 4.77. The van der Waals surface area contributed by atoms with Crippen LogP contribution in [0, 0.1) is 6.92 Å². The molecule has 17 heteroatoms. The Bertz CT molecular complexity index is 2790. The van der Waals surface area contributed by atoms with E-state index in [1.165, 1.54) is 12.3 Å². The molecule has 1 aliphatic heterocycles. The molecule has 1 aliphatic rings. The highest BCUT2D eigenvalue weighted by molar-refractivity contribution is 7.13. The summed E-state index contributed by atoms with van der Waals surface area (Å²) < 4.78 is 60.7. The number of aliphatic carboxylic acids is 1. The third kappa shape index (κ3) is 10.6. The van der Waals surface area contributed by atoms with E-state index in [-0.39, 0.29) is 36.0 Å². The Balaban J connectivity index is 1.08. The molecule has 336 valence electrons. The lowest BCUT2D eigenvalue weighted by Gasteiger charge is -2.32. The van der Waals surface area contributed by atoms with Gasteiger partial charge in [0, 0.05) is 62.7 Å². The van der Waals surface area contributed by atoms with Crippen molar-refractivity contribution in [3.8, 4) is 62.7 Å². The predicted molar refractivity (Wildman–Crippen MR) is 245 cm³/mol. The van der Waals surface area contributed by atoms with E-state index >= 15 is 0 Å². The van der Waals surface area contributed by atoms with Crippen molar-refractivity contribution < 1.29 is 42.4 Å². The van der Waals surface area contributed by atoms with Crippen LogP contribution in [-0.2, 0) is 17.8 Å². The Morgan fingerprint density at radius 1 is 0.892 bits per heavy atom. The number of piperazine rings is 1. The van der Waals surface area contributed by atoms with Crippen LogP contribution in [0.2, 0.25) is 5.02 Å². The number of ether oxygens (including phenoxy) is 5. The number of alkyl halides is 2. The number of aromatic nitrogens is 4. The molecule has 0 radical (unpaired) electrons. The number of carboxylic acid groups (broad SMARTS) is 1. The summed E-state index contributed by atoms with van der Waals surface area (Å²) in [5.74, 6) is 0.596. The number of likely N-dealkylation sites (N-methyl/N-ethyl adjacent to an activating group) is 1. The number of benzene rings is 4. The molecule has 4 heterocycles. The summed E-state index contributed by atoms with van der Waals surface area (Å²) in [4.78, 5) is 31.4. The van der Waals surface area contributed by atoms with Crippen molar-refractivity contribution in [2.75, 3.05) is 53.5 Å². The Labute approximate surface area is 383 Å². The second-order valence-electron chi connectivity index (χ2n) is 15.3. The van der Waals surface area contributed by atoms with E-state index in [1.807, 2.05) is 43.3 Å². The van der Waals surface area contributed by atoms with E-state index in [0.29, 0.717) is 61.5 Å². The SMILES string of the molecule is COc1cccc(-c2ncc3snc(O[C@H](Cc4ccccc4OCc4ccnc(-c5ccccc5OC(F)F)n4)C(=O)O)c3c2-c2ccc(OCCN3CCN(C)CC3)c(Cl)c2C)c1. The van der Waals surface area contributed by atoms with Gasteiger partial charge >= 0.3 is 12.6 Å². The van der Waals surface area contributed by atoms with Crippen LogP contribution < -0.4 is 23.7 Å². The van der Waals surface area contributed by atoms with Gasteiger partial charge in [0.05, 0.1) is 39.2 Å². The highest BCUT2D eigenvalue weighted by Crippen LogP contribution is 2.46. The summed E-state index contributed by atoms with van der Waals surface area (Å²) in [6.45, 7) is 4.09. The maximum Gasteiger partial charge on any atom is 0.387 e. The van der Waals surface area contributed by atoms with Crippen molar-refractivity contribution in [1.82, 2.24) is 29.1 Å². The zero-order valence-electron chi connectivity index (χ0n) is 35.7. The molecule has 3 aromatic heterocycles. The van der Waals surface area contributed by atoms with E-state index in [2.05, 4.69) is 35.9 Å². The third-order valence-electron chi connectivity index (χ3n) is 11.0. The number of pyridine rings is 1. The van der Waals surface area contributed by atoms with Crippen LogP contribution in [0.25, 0.3) is 43.9 Å². The van der Waals surface area contributed by atoms with Gasteiger partial charge in [-0.3, -0.25) is 9.88 Å². The number of carboxylic acids is 1. The lowest BCUT2D eigenvalue weighted by atomic mass is 9.93. The van der Waals surface area contributed by atoms with Crippen molar-refractivity contribution >= 4 is 39.2 Å². The number of rotatable bonds is 18. The van der Waals surface area contributed by atoms with Crippen LogP contribution in [0.4, 0.5) is 8.78 Å². The molecule has 7 aromatic rings. The number of nitrogens with zero attached hydrogens (tertiary/aromatic N) is 6. The molecule has 0 aliphatic carbocycles. The number of halogens is 3. The second-order valence-corrected chi connectivity index (χ2v) is 16.5. The smallest absolute Gasteiger partial charge is 0.387 e. The highest BCUT2D eigenvalue weighted by Gasteiger charge is 2.28. The summed E-state index contributed by atoms with van der Waals surface area (Å²) in [7, 11) is 3.72. The van der Waals surface area contributed by atoms with Gasteiger partial charge in [0.25, 0.3) is 0 Å². The van der Waals surface area contributed by atoms with E-state index in [1.54, 1.807) is 61.8 Å². The fourth-order valence-electron chi connectivity index (χ4n) is 7.58. The zero-order valence-corrected chi connectivity index (χ0v) is 37.3. The van der Waals surface area contributed by atoms with Crippen molar-refractivity contribution in [1.29, 1.82) is 0 Å². The quantitative estimate of drug-likeness (QED) is 0.0875. The van der Waals surface area contributed by atoms with Crippen molar-refractivity contribution in [2.45, 2.75) is 32.7 Å². The molecular formula is C48H45ClF2N6O7S. The number of hydrogen-bond donors (Lipinski definition) is 1. The Morgan fingerprint density at radius 3 is 2.46 bits per heavy atom. The zero-order chi connectivity index (χ0) is 45.5. The van der Waals surface area contributed by atoms with Gasteiger partial charge in [-0.25, -0.2) is 14.8 Å². The molecule has 1 N–H and O–H groups in total. The number of hydrogen-bond acceptors (Lipinski definition) is 13. The van der Waals surface area contributed by atoms with E-state index in [0.717, 1.165) is 60.9 Å². The van der Waals surface area contributed by atoms with Crippen molar-refractivity contribution in [3.05, 3.63) is 125 Å². The van der Waals surface area contributed by atoms with Crippen molar-refractivity contribution in [2.24, 2.45) is 0 Å². The number of methoxy groups -OCH3 is 1. The molecule has 13 nitrogen and oxygen atoms in total. The standard InChI is InChI=1S/C48H45ClF2N6O7S/c1-29-34(15-16-38(43(29)49)61-24-23-57-21-19-56(2)20-22-57)41-42-40(27-53-44(41)31-10-8-11-33(25-31)60-3)65-55-46(42)63-39(47(58)59)26-30-9-4-6-13-36(30)62-28-32-17-18-52-45(54-32)35-12-5-7-14-37(35)64-48(50)51/h4-18,25,27,39,48H,19-24,26,28H2,1-3H3,(H,58,59)/t39-/m1/s1. The average Bonchev–Trinajstić information content (AvgIpc) is 3.73. The van der Waals surface area contributed by atoms with Gasteiger partial charge in [-0.05, 0) is 84.7 Å². The van der Waals surface area contributed by atoms with Gasteiger partial charge in [-0.2, -0.15) is 13.2 Å². The normalized spacial score (nSPS) is 13.8. The summed E-state index contributed by atoms with van der Waals surface area (Å²) in [5, 5.41) is 11.7. The molecule has 1 fully saturated rings. The van der Waals surface area contributed by atoms with Crippen LogP contribution in [0.15, 0.2) is 103 Å². The van der Waals surface area contributed by atoms with E-state index in [4.69, 9.17) is 35.5 Å². The third-order valence-corrected chi connectivity index (χ3v) is 12.3. The first-order valence-corrected chi connectivity index (χ1v) is 21.9. The van der Waals surface area contributed by atoms with E-state index < -0.39 is 18.7 Å². The van der Waals surface area contributed by atoms with Crippen LogP contribution in [0.3, 0.4) is 0 Å². The van der Waals surface area contributed by atoms with Gasteiger partial charge in [0.1, 0.15) is 36.2 Å². The largest absolute Gasteiger partial charge is 0.497 e. The number of para-hydroxylation sites is 2.